The molecule has 0 aliphatic heterocycles. The minimum Gasteiger partial charge on any atom is -0.480 e. The summed E-state index contributed by atoms with van der Waals surface area (Å²) in [6, 6.07) is 9.90. The van der Waals surface area contributed by atoms with E-state index < -0.39 is 12.0 Å². The summed E-state index contributed by atoms with van der Waals surface area (Å²) in [6.07, 6.45) is 3.15. The van der Waals surface area contributed by atoms with Crippen LogP contribution in [-0.2, 0) is 11.2 Å². The summed E-state index contributed by atoms with van der Waals surface area (Å²) in [4.78, 5) is 10.5. The van der Waals surface area contributed by atoms with Crippen LogP contribution in [0.15, 0.2) is 30.3 Å². The van der Waals surface area contributed by atoms with Crippen LogP contribution >= 0.6 is 12.4 Å². The first-order valence-corrected chi connectivity index (χ1v) is 6.93. The summed E-state index contributed by atoms with van der Waals surface area (Å²) in [5.74, 6) is -0.679. The van der Waals surface area contributed by atoms with Gasteiger partial charge in [-0.05, 0) is 38.3 Å². The zero-order valence-electron chi connectivity index (χ0n) is 13.5. The van der Waals surface area contributed by atoms with Gasteiger partial charge in [0.2, 0.25) is 0 Å². The summed E-state index contributed by atoms with van der Waals surface area (Å²) in [5, 5.41) is 3.70. The maximum atomic E-state index is 10.5. The smallest absolute Gasteiger partial charge is 0.320 e. The van der Waals surface area contributed by atoms with Crippen LogP contribution in [0.25, 0.3) is 1.43 Å². The van der Waals surface area contributed by atoms with Gasteiger partial charge in [-0.15, -0.1) is 12.4 Å². The highest BCUT2D eigenvalue weighted by molar-refractivity contribution is 5.85. The van der Waals surface area contributed by atoms with Crippen molar-refractivity contribution >= 4 is 18.4 Å². The molecule has 0 amide bonds. The zero-order chi connectivity index (χ0) is 16.1. The number of nitrogens with two attached hydrogens (primary N) is 3. The van der Waals surface area contributed by atoms with Crippen LogP contribution in [0.1, 0.15) is 31.7 Å². The Bertz CT molecular complexity index is 380. The molecule has 1 aromatic carbocycles. The largest absolute Gasteiger partial charge is 0.480 e. The van der Waals surface area contributed by atoms with Crippen molar-refractivity contribution < 1.29 is 9.90 Å². The summed E-state index contributed by atoms with van der Waals surface area (Å²) >= 11 is 0. The molecule has 0 radical (unpaired) electrons. The van der Waals surface area contributed by atoms with Gasteiger partial charge >= 0.3 is 5.97 Å². The summed E-state index contributed by atoms with van der Waals surface area (Å²) in [5.41, 5.74) is 17.5. The quantitative estimate of drug-likeness (QED) is 0.569. The van der Waals surface area contributed by atoms with Gasteiger partial charge in [0.05, 0.1) is 0 Å². The lowest BCUT2D eigenvalue weighted by atomic mass is 10.1. The fourth-order valence-electron chi connectivity index (χ4n) is 1.61. The Morgan fingerprint density at radius 3 is 2.38 bits per heavy atom. The Morgan fingerprint density at radius 1 is 1.29 bits per heavy atom. The van der Waals surface area contributed by atoms with Gasteiger partial charge < -0.3 is 22.3 Å². The molecule has 21 heavy (non-hydrogen) atoms. The molecule has 0 aliphatic rings. The van der Waals surface area contributed by atoms with E-state index in [1.54, 1.807) is 0 Å². The van der Waals surface area contributed by atoms with Crippen LogP contribution in [0.5, 0.6) is 0 Å². The number of unbranched alkanes of at least 4 members (excludes halogenated alkanes) is 1. The Morgan fingerprint density at radius 2 is 1.90 bits per heavy atom. The highest BCUT2D eigenvalue weighted by Gasteiger charge is 2.09. The average molecular weight is 319 g/mol. The fourth-order valence-corrected chi connectivity index (χ4v) is 1.61. The molecule has 7 N–H and O–H groups in total. The second kappa shape index (κ2) is 13.8. The number of carboxylic acids is 1. The third kappa shape index (κ3) is 13.6. The molecule has 0 spiro atoms. The minimum absolute atomic E-state index is 0. The van der Waals surface area contributed by atoms with Crippen LogP contribution in [0.4, 0.5) is 0 Å². The van der Waals surface area contributed by atoms with E-state index in [9.17, 15) is 4.79 Å². The number of carboxylic acid groups (broad SMARTS) is 1. The highest BCUT2D eigenvalue weighted by atomic mass is 35.5. The van der Waals surface area contributed by atoms with E-state index in [1.807, 2.05) is 25.1 Å². The second-order valence-electron chi connectivity index (χ2n) is 4.88. The van der Waals surface area contributed by atoms with Crippen LogP contribution in [0.2, 0.25) is 0 Å². The summed E-state index contributed by atoms with van der Waals surface area (Å²) < 4.78 is 6.27. The molecule has 5 nitrogen and oxygen atoms in total. The van der Waals surface area contributed by atoms with Crippen molar-refractivity contribution in [1.29, 1.82) is 1.43 Å². The predicted molar refractivity (Wildman–Crippen MR) is 89.6 cm³/mol. The van der Waals surface area contributed by atoms with Crippen molar-refractivity contribution in [3.05, 3.63) is 35.9 Å². The van der Waals surface area contributed by atoms with E-state index in [1.165, 1.54) is 5.56 Å². The molecule has 2 atom stereocenters. The molecule has 0 saturated heterocycles. The van der Waals surface area contributed by atoms with Crippen LogP contribution in [0, 0.1) is 0 Å². The Balaban J connectivity index is 0. The van der Waals surface area contributed by atoms with Gasteiger partial charge in [-0.3, -0.25) is 4.79 Å². The van der Waals surface area contributed by atoms with E-state index in [0.717, 1.165) is 19.3 Å². The summed E-state index contributed by atoms with van der Waals surface area (Å²) in [7, 11) is 0. The minimum atomic E-state index is -0.679. The Hall–Kier alpha value is -1.14. The SMILES string of the molecule is CC(N)Cc1ccccc1.Cl.[2H]OC(=O)C(N)CCCCN. The topological polar surface area (TPSA) is 115 Å². The first-order valence-electron chi connectivity index (χ1n) is 7.34. The molecule has 2 unspecified atom stereocenters. The molecular formula is C15H28ClN3O2. The monoisotopic (exact) mass is 318 g/mol. The molecule has 1 aromatic rings. The molecule has 0 saturated carbocycles. The molecule has 0 bridgehead atoms. The molecular weight excluding hydrogens is 290 g/mol. The van der Waals surface area contributed by atoms with Crippen molar-refractivity contribution in [2.45, 2.75) is 44.7 Å². The molecule has 0 aromatic heterocycles. The first-order chi connectivity index (χ1) is 10.0. The van der Waals surface area contributed by atoms with E-state index in [0.29, 0.717) is 13.0 Å². The van der Waals surface area contributed by atoms with Gasteiger partial charge in [0.1, 0.15) is 6.04 Å². The Kier molecular flexibility index (Phi) is 13.1. The van der Waals surface area contributed by atoms with Gasteiger partial charge in [-0.25, -0.2) is 0 Å². The number of aliphatic carboxylic acids is 1. The van der Waals surface area contributed by atoms with Crippen LogP contribution < -0.4 is 17.2 Å². The van der Waals surface area contributed by atoms with Crippen LogP contribution in [-0.4, -0.2) is 29.7 Å². The normalized spacial score (nSPS) is 12.9. The molecule has 6 heteroatoms. The number of carbonyl (C=O) groups is 1. The molecule has 0 heterocycles. The van der Waals surface area contributed by atoms with Gasteiger partial charge in [0, 0.05) is 6.04 Å². The van der Waals surface area contributed by atoms with E-state index in [-0.39, 0.29) is 18.4 Å². The van der Waals surface area contributed by atoms with Crippen molar-refractivity contribution in [1.82, 2.24) is 0 Å². The number of hydrogen-bond donors (Lipinski definition) is 4. The fraction of sp³-hybridized carbons (Fsp3) is 0.533. The lowest BCUT2D eigenvalue weighted by molar-refractivity contribution is -0.138. The van der Waals surface area contributed by atoms with Gasteiger partial charge in [0.25, 0.3) is 1.43 Å². The standard InChI is InChI=1S/C9H13N.C6H14N2O2.ClH/c1-8(10)7-9-5-3-2-4-6-9;7-4-2-1-3-5(8)6(9)10;/h2-6,8H,7,10H2,1H3;5H,1-4,7-8H2,(H,9,10);1H/i/hD. The third-order valence-corrected chi connectivity index (χ3v) is 2.67. The van der Waals surface area contributed by atoms with Crippen molar-refractivity contribution in [2.24, 2.45) is 17.2 Å². The zero-order valence-corrected chi connectivity index (χ0v) is 13.4. The lowest BCUT2D eigenvalue weighted by Crippen LogP contribution is -2.29. The highest BCUT2D eigenvalue weighted by Crippen LogP contribution is 2.00. The number of hydrogen-bond acceptors (Lipinski definition) is 5. The number of benzene rings is 1. The molecule has 0 aliphatic carbocycles. The van der Waals surface area contributed by atoms with Crippen molar-refractivity contribution in [3.63, 3.8) is 0 Å². The first kappa shape index (κ1) is 19.9. The predicted octanol–water partition coefficient (Wildman–Crippen LogP) is 1.53. The molecule has 122 valence electrons. The number of rotatable bonds is 7. The van der Waals surface area contributed by atoms with E-state index in [2.05, 4.69) is 17.2 Å². The summed E-state index contributed by atoms with van der Waals surface area (Å²) in [6.45, 7) is 2.62. The van der Waals surface area contributed by atoms with Gasteiger partial charge in [-0.2, -0.15) is 0 Å². The van der Waals surface area contributed by atoms with E-state index in [4.69, 9.17) is 18.6 Å². The maximum Gasteiger partial charge on any atom is 0.320 e. The Labute approximate surface area is 134 Å². The average Bonchev–Trinajstić information content (AvgIpc) is 2.47. The van der Waals surface area contributed by atoms with Crippen molar-refractivity contribution in [2.75, 3.05) is 6.54 Å². The van der Waals surface area contributed by atoms with Gasteiger partial charge in [-0.1, -0.05) is 36.8 Å². The number of halogens is 1. The molecule has 0 fully saturated rings. The third-order valence-electron chi connectivity index (χ3n) is 2.67. The van der Waals surface area contributed by atoms with Crippen LogP contribution in [0.3, 0.4) is 0 Å². The molecule has 1 rings (SSSR count). The van der Waals surface area contributed by atoms with E-state index >= 15 is 0 Å². The maximum absolute atomic E-state index is 10.5. The van der Waals surface area contributed by atoms with Crippen molar-refractivity contribution in [3.8, 4) is 0 Å². The lowest BCUT2D eigenvalue weighted by Gasteiger charge is -2.03. The second-order valence-corrected chi connectivity index (χ2v) is 4.88. The van der Waals surface area contributed by atoms with Gasteiger partial charge in [0.15, 0.2) is 0 Å².